The van der Waals surface area contributed by atoms with Gasteiger partial charge in [-0.05, 0) is 12.3 Å². The summed E-state index contributed by atoms with van der Waals surface area (Å²) in [5.74, 6) is 0.746. The lowest BCUT2D eigenvalue weighted by atomic mass is 10.1. The minimum Gasteiger partial charge on any atom is -0.409 e. The number of ether oxygens (including phenoxy) is 1. The number of nitrogens with two attached hydrogens (primary N) is 1. The summed E-state index contributed by atoms with van der Waals surface area (Å²) in [6.45, 7) is 5.11. The van der Waals surface area contributed by atoms with Crippen LogP contribution in [0.4, 0.5) is 0 Å². The van der Waals surface area contributed by atoms with Crippen molar-refractivity contribution in [1.29, 1.82) is 0 Å². The van der Waals surface area contributed by atoms with Gasteiger partial charge in [-0.1, -0.05) is 19.0 Å². The first-order chi connectivity index (χ1) is 5.16. The van der Waals surface area contributed by atoms with Crippen LogP contribution in [0.1, 0.15) is 20.3 Å². The molecule has 0 heterocycles. The van der Waals surface area contributed by atoms with Gasteiger partial charge >= 0.3 is 0 Å². The Morgan fingerprint density at radius 3 is 2.73 bits per heavy atom. The third-order valence-electron chi connectivity index (χ3n) is 1.22. The smallest absolute Gasteiger partial charge is 0.165 e. The van der Waals surface area contributed by atoms with E-state index in [9.17, 15) is 0 Å². The van der Waals surface area contributed by atoms with Gasteiger partial charge in [-0.15, -0.1) is 0 Å². The molecular weight excluding hydrogens is 144 g/mol. The van der Waals surface area contributed by atoms with E-state index in [2.05, 4.69) is 19.0 Å². The standard InChI is InChI=1S/C7H16N2O2/c1-6(2)3-4-11-5-7(8)9-10/h6,10H,3-5H2,1-2H3,(H2,8,9). The fraction of sp³-hybridized carbons (Fsp3) is 0.857. The molecule has 0 aliphatic rings. The number of hydrogen-bond acceptors (Lipinski definition) is 3. The van der Waals surface area contributed by atoms with E-state index in [0.717, 1.165) is 6.42 Å². The van der Waals surface area contributed by atoms with Crippen LogP contribution in [0, 0.1) is 5.92 Å². The van der Waals surface area contributed by atoms with Crippen LogP contribution in [0.2, 0.25) is 0 Å². The molecule has 0 saturated heterocycles. The highest BCUT2D eigenvalue weighted by atomic mass is 16.5. The zero-order chi connectivity index (χ0) is 8.69. The molecule has 0 aromatic carbocycles. The number of oxime groups is 1. The zero-order valence-corrected chi connectivity index (χ0v) is 7.08. The highest BCUT2D eigenvalue weighted by Gasteiger charge is 1.95. The molecule has 0 bridgehead atoms. The van der Waals surface area contributed by atoms with E-state index < -0.39 is 0 Å². The van der Waals surface area contributed by atoms with E-state index in [0.29, 0.717) is 12.5 Å². The quantitative estimate of drug-likeness (QED) is 0.205. The Balaban J connectivity index is 3.15. The molecule has 0 radical (unpaired) electrons. The molecule has 0 saturated carbocycles. The van der Waals surface area contributed by atoms with Crippen molar-refractivity contribution in [2.75, 3.05) is 13.2 Å². The highest BCUT2D eigenvalue weighted by Crippen LogP contribution is 1.98. The summed E-state index contributed by atoms with van der Waals surface area (Å²) in [4.78, 5) is 0. The number of amidine groups is 1. The molecule has 0 atom stereocenters. The normalized spacial score (nSPS) is 12.5. The van der Waals surface area contributed by atoms with Crippen molar-refractivity contribution in [2.24, 2.45) is 16.8 Å². The fourth-order valence-corrected chi connectivity index (χ4v) is 0.525. The SMILES string of the molecule is CC(C)CCOC/C(N)=N/O. The second-order valence-electron chi connectivity index (χ2n) is 2.83. The molecule has 0 aliphatic heterocycles. The lowest BCUT2D eigenvalue weighted by molar-refractivity contribution is 0.155. The zero-order valence-electron chi connectivity index (χ0n) is 7.08. The summed E-state index contributed by atoms with van der Waals surface area (Å²) in [7, 11) is 0. The van der Waals surface area contributed by atoms with Crippen molar-refractivity contribution in [2.45, 2.75) is 20.3 Å². The van der Waals surface area contributed by atoms with Crippen LogP contribution in [0.3, 0.4) is 0 Å². The molecule has 4 nitrogen and oxygen atoms in total. The molecule has 3 N–H and O–H groups in total. The minimum absolute atomic E-state index is 0.119. The first-order valence-electron chi connectivity index (χ1n) is 3.71. The van der Waals surface area contributed by atoms with Crippen molar-refractivity contribution >= 4 is 5.84 Å². The van der Waals surface area contributed by atoms with Crippen LogP contribution in [0.5, 0.6) is 0 Å². The average molecular weight is 160 g/mol. The van der Waals surface area contributed by atoms with Gasteiger partial charge in [0.1, 0.15) is 6.61 Å². The van der Waals surface area contributed by atoms with Crippen LogP contribution < -0.4 is 5.73 Å². The first kappa shape index (κ1) is 10.2. The Morgan fingerprint density at radius 2 is 2.27 bits per heavy atom. The molecule has 0 spiro atoms. The van der Waals surface area contributed by atoms with Gasteiger partial charge in [-0.2, -0.15) is 0 Å². The summed E-state index contributed by atoms with van der Waals surface area (Å²) < 4.78 is 5.08. The fourth-order valence-electron chi connectivity index (χ4n) is 0.525. The maximum atomic E-state index is 8.13. The van der Waals surface area contributed by atoms with Gasteiger partial charge in [0.15, 0.2) is 5.84 Å². The third kappa shape index (κ3) is 7.12. The van der Waals surface area contributed by atoms with Crippen molar-refractivity contribution in [3.8, 4) is 0 Å². The lowest BCUT2D eigenvalue weighted by Gasteiger charge is -2.04. The summed E-state index contributed by atoms with van der Waals surface area (Å²) >= 11 is 0. The molecule has 4 heteroatoms. The summed E-state index contributed by atoms with van der Waals surface area (Å²) in [6.07, 6.45) is 0.999. The van der Waals surface area contributed by atoms with Crippen molar-refractivity contribution in [3.63, 3.8) is 0 Å². The third-order valence-corrected chi connectivity index (χ3v) is 1.22. The van der Waals surface area contributed by atoms with Crippen molar-refractivity contribution in [1.82, 2.24) is 0 Å². The van der Waals surface area contributed by atoms with Crippen LogP contribution in [0.25, 0.3) is 0 Å². The highest BCUT2D eigenvalue weighted by molar-refractivity contribution is 5.80. The number of nitrogens with zero attached hydrogens (tertiary/aromatic N) is 1. The molecule has 0 aliphatic carbocycles. The van der Waals surface area contributed by atoms with Gasteiger partial charge in [0, 0.05) is 6.61 Å². The van der Waals surface area contributed by atoms with Gasteiger partial charge in [0.25, 0.3) is 0 Å². The Kier molecular flexibility index (Phi) is 5.56. The lowest BCUT2D eigenvalue weighted by Crippen LogP contribution is -2.19. The Morgan fingerprint density at radius 1 is 1.64 bits per heavy atom. The molecule has 0 amide bonds. The summed E-state index contributed by atoms with van der Waals surface area (Å²) in [5.41, 5.74) is 5.16. The Labute approximate surface area is 67.0 Å². The monoisotopic (exact) mass is 160 g/mol. The maximum absolute atomic E-state index is 8.13. The molecule has 66 valence electrons. The number of hydrogen-bond donors (Lipinski definition) is 2. The van der Waals surface area contributed by atoms with Gasteiger partial charge < -0.3 is 15.7 Å². The second-order valence-corrected chi connectivity index (χ2v) is 2.83. The molecular formula is C7H16N2O2. The Hall–Kier alpha value is -0.770. The van der Waals surface area contributed by atoms with Crippen LogP contribution >= 0.6 is 0 Å². The first-order valence-corrected chi connectivity index (χ1v) is 3.71. The van der Waals surface area contributed by atoms with E-state index in [-0.39, 0.29) is 12.4 Å². The maximum Gasteiger partial charge on any atom is 0.165 e. The molecule has 0 aromatic heterocycles. The van der Waals surface area contributed by atoms with Crippen LogP contribution in [0.15, 0.2) is 5.16 Å². The predicted molar refractivity (Wildman–Crippen MR) is 43.7 cm³/mol. The molecule has 0 aromatic rings. The van der Waals surface area contributed by atoms with Gasteiger partial charge in [-0.3, -0.25) is 0 Å². The van der Waals surface area contributed by atoms with E-state index >= 15 is 0 Å². The van der Waals surface area contributed by atoms with Crippen LogP contribution in [-0.2, 0) is 4.74 Å². The van der Waals surface area contributed by atoms with E-state index in [1.807, 2.05) is 0 Å². The van der Waals surface area contributed by atoms with E-state index in [1.165, 1.54) is 0 Å². The average Bonchev–Trinajstić information content (AvgIpc) is 1.97. The van der Waals surface area contributed by atoms with Crippen LogP contribution in [-0.4, -0.2) is 24.3 Å². The topological polar surface area (TPSA) is 67.8 Å². The minimum atomic E-state index is 0.119. The molecule has 11 heavy (non-hydrogen) atoms. The number of rotatable bonds is 5. The largest absolute Gasteiger partial charge is 0.409 e. The molecule has 0 rings (SSSR count). The second kappa shape index (κ2) is 5.97. The summed E-state index contributed by atoms with van der Waals surface area (Å²) in [6, 6.07) is 0. The van der Waals surface area contributed by atoms with E-state index in [4.69, 9.17) is 15.7 Å². The Bertz CT molecular complexity index is 124. The van der Waals surface area contributed by atoms with Gasteiger partial charge in [0.05, 0.1) is 0 Å². The molecule has 0 fully saturated rings. The van der Waals surface area contributed by atoms with Gasteiger partial charge in [-0.25, -0.2) is 0 Å². The van der Waals surface area contributed by atoms with Gasteiger partial charge in [0.2, 0.25) is 0 Å². The van der Waals surface area contributed by atoms with E-state index in [1.54, 1.807) is 0 Å². The predicted octanol–water partition coefficient (Wildman–Crippen LogP) is 0.796. The van der Waals surface area contributed by atoms with Crippen molar-refractivity contribution in [3.05, 3.63) is 0 Å². The molecule has 0 unspecified atom stereocenters. The van der Waals surface area contributed by atoms with Crippen molar-refractivity contribution < 1.29 is 9.94 Å². The summed E-state index contributed by atoms with van der Waals surface area (Å²) in [5, 5.41) is 10.9.